The Morgan fingerprint density at radius 2 is 1.72 bits per heavy atom. The van der Waals surface area contributed by atoms with Crippen LogP contribution in [0.15, 0.2) is 67.4 Å². The quantitative estimate of drug-likeness (QED) is 0.327. The Kier molecular flexibility index (Phi) is 7.77. The molecule has 1 aromatic carbocycles. The first-order valence-corrected chi connectivity index (χ1v) is 12.5. The second-order valence-corrected chi connectivity index (χ2v) is 10.0. The standard InChI is InChI=1S/C30H29N7O2/c1-18(2)28(38)37-27-13-25(34-17-35-27)22-10-21(14-32-15-22)24-12-23(7-6-19(24)3)36-29(39)20-8-9-33-26(11-20)30(4,5)16-31/h6-15,17-18H,1-5H3,(H,36,39)(H,34,35,37,38). The number of carbonyl (C=O) groups is 2. The molecule has 0 bridgehead atoms. The van der Waals surface area contributed by atoms with Gasteiger partial charge in [0.05, 0.1) is 22.9 Å². The third-order valence-corrected chi connectivity index (χ3v) is 6.23. The van der Waals surface area contributed by atoms with Crippen molar-refractivity contribution in [2.24, 2.45) is 5.92 Å². The van der Waals surface area contributed by atoms with Crippen molar-refractivity contribution >= 4 is 23.3 Å². The van der Waals surface area contributed by atoms with Gasteiger partial charge < -0.3 is 10.6 Å². The molecule has 2 amide bonds. The summed E-state index contributed by atoms with van der Waals surface area (Å²) in [6.45, 7) is 9.13. The molecule has 0 fully saturated rings. The van der Waals surface area contributed by atoms with Crippen LogP contribution in [0.25, 0.3) is 22.4 Å². The summed E-state index contributed by atoms with van der Waals surface area (Å²) in [6.07, 6.45) is 6.39. The van der Waals surface area contributed by atoms with Gasteiger partial charge in [-0.3, -0.25) is 19.6 Å². The minimum atomic E-state index is -0.810. The van der Waals surface area contributed by atoms with Crippen LogP contribution in [0.5, 0.6) is 0 Å². The smallest absolute Gasteiger partial charge is 0.255 e. The topological polar surface area (TPSA) is 134 Å². The van der Waals surface area contributed by atoms with Crippen LogP contribution in [0.1, 0.15) is 49.3 Å². The van der Waals surface area contributed by atoms with E-state index in [1.54, 1.807) is 44.4 Å². The maximum atomic E-state index is 13.0. The Balaban J connectivity index is 1.60. The first kappa shape index (κ1) is 27.1. The van der Waals surface area contributed by atoms with Crippen molar-refractivity contribution < 1.29 is 9.59 Å². The number of carbonyl (C=O) groups excluding carboxylic acids is 2. The molecule has 0 saturated heterocycles. The van der Waals surface area contributed by atoms with E-state index in [0.29, 0.717) is 28.5 Å². The van der Waals surface area contributed by atoms with Crippen molar-refractivity contribution in [1.82, 2.24) is 19.9 Å². The first-order valence-electron chi connectivity index (χ1n) is 12.5. The molecule has 3 aromatic heterocycles. The number of pyridine rings is 2. The molecular formula is C30H29N7O2. The van der Waals surface area contributed by atoms with Gasteiger partial charge in [0.15, 0.2) is 0 Å². The molecule has 4 rings (SSSR count). The van der Waals surface area contributed by atoms with Crippen LogP contribution in [0.2, 0.25) is 0 Å². The van der Waals surface area contributed by atoms with Gasteiger partial charge in [-0.25, -0.2) is 9.97 Å². The summed E-state index contributed by atoms with van der Waals surface area (Å²) in [5.41, 5.74) is 4.86. The summed E-state index contributed by atoms with van der Waals surface area (Å²) in [5.74, 6) is -0.180. The molecule has 0 unspecified atom stereocenters. The van der Waals surface area contributed by atoms with Gasteiger partial charge in [-0.05, 0) is 62.2 Å². The number of amides is 2. The zero-order valence-electron chi connectivity index (χ0n) is 22.5. The van der Waals surface area contributed by atoms with Crippen LogP contribution < -0.4 is 10.6 Å². The highest BCUT2D eigenvalue weighted by Gasteiger charge is 2.22. The van der Waals surface area contributed by atoms with Crippen LogP contribution in [0.4, 0.5) is 11.5 Å². The molecule has 9 heteroatoms. The molecule has 2 N–H and O–H groups in total. The van der Waals surface area contributed by atoms with E-state index < -0.39 is 5.41 Å². The van der Waals surface area contributed by atoms with Crippen molar-refractivity contribution in [3.05, 3.63) is 84.2 Å². The van der Waals surface area contributed by atoms with Crippen LogP contribution in [0, 0.1) is 24.2 Å². The fourth-order valence-corrected chi connectivity index (χ4v) is 3.77. The summed E-state index contributed by atoms with van der Waals surface area (Å²) in [4.78, 5) is 42.3. The normalized spacial score (nSPS) is 11.1. The first-order chi connectivity index (χ1) is 18.6. The predicted octanol–water partition coefficient (Wildman–Crippen LogP) is 5.56. The van der Waals surface area contributed by atoms with E-state index in [0.717, 1.165) is 22.3 Å². The molecule has 3 heterocycles. The van der Waals surface area contributed by atoms with Gasteiger partial charge in [0.25, 0.3) is 5.91 Å². The van der Waals surface area contributed by atoms with E-state index in [1.165, 1.54) is 12.5 Å². The molecule has 39 heavy (non-hydrogen) atoms. The van der Waals surface area contributed by atoms with Crippen LogP contribution in [-0.2, 0) is 10.2 Å². The van der Waals surface area contributed by atoms with E-state index in [4.69, 9.17) is 0 Å². The van der Waals surface area contributed by atoms with E-state index in [-0.39, 0.29) is 17.7 Å². The summed E-state index contributed by atoms with van der Waals surface area (Å²) in [7, 11) is 0. The molecule has 0 aliphatic rings. The molecule has 0 spiro atoms. The second kappa shape index (κ2) is 11.2. The minimum Gasteiger partial charge on any atom is -0.322 e. The van der Waals surface area contributed by atoms with E-state index in [1.807, 2.05) is 45.0 Å². The Morgan fingerprint density at radius 3 is 2.46 bits per heavy atom. The van der Waals surface area contributed by atoms with Crippen molar-refractivity contribution in [1.29, 1.82) is 5.26 Å². The Bertz CT molecular complexity index is 1590. The Morgan fingerprint density at radius 1 is 0.949 bits per heavy atom. The molecule has 0 aliphatic heterocycles. The number of nitrogens with one attached hydrogen (secondary N) is 2. The lowest BCUT2D eigenvalue weighted by Crippen LogP contribution is -2.18. The van der Waals surface area contributed by atoms with Gasteiger partial charge in [-0.15, -0.1) is 0 Å². The number of hydrogen-bond donors (Lipinski definition) is 2. The molecule has 4 aromatic rings. The fourth-order valence-electron chi connectivity index (χ4n) is 3.77. The molecule has 196 valence electrons. The molecule has 0 aliphatic carbocycles. The summed E-state index contributed by atoms with van der Waals surface area (Å²) in [5, 5.41) is 15.2. The molecule has 0 saturated carbocycles. The highest BCUT2D eigenvalue weighted by Crippen LogP contribution is 2.30. The van der Waals surface area contributed by atoms with E-state index in [9.17, 15) is 14.9 Å². The summed E-state index contributed by atoms with van der Waals surface area (Å²) >= 11 is 0. The molecular weight excluding hydrogens is 490 g/mol. The number of anilines is 2. The Hall–Kier alpha value is -4.97. The lowest BCUT2D eigenvalue weighted by molar-refractivity contribution is -0.118. The van der Waals surface area contributed by atoms with E-state index >= 15 is 0 Å². The summed E-state index contributed by atoms with van der Waals surface area (Å²) in [6, 6.07) is 14.8. The average molecular weight is 520 g/mol. The van der Waals surface area contributed by atoms with Crippen LogP contribution in [0.3, 0.4) is 0 Å². The second-order valence-electron chi connectivity index (χ2n) is 10.0. The number of hydrogen-bond acceptors (Lipinski definition) is 7. The molecule has 0 radical (unpaired) electrons. The molecule has 9 nitrogen and oxygen atoms in total. The number of aromatic nitrogens is 4. The van der Waals surface area contributed by atoms with Crippen molar-refractivity contribution in [3.63, 3.8) is 0 Å². The van der Waals surface area contributed by atoms with Gasteiger partial charge >= 0.3 is 0 Å². The number of aryl methyl sites for hydroxylation is 1. The maximum Gasteiger partial charge on any atom is 0.255 e. The SMILES string of the molecule is Cc1ccc(NC(=O)c2ccnc(C(C)(C)C#N)c2)cc1-c1cncc(-c2cc(NC(=O)C(C)C)ncn2)c1. The van der Waals surface area contributed by atoms with Gasteiger partial charge in [-0.2, -0.15) is 5.26 Å². The van der Waals surface area contributed by atoms with Crippen LogP contribution in [-0.4, -0.2) is 31.8 Å². The van der Waals surface area contributed by atoms with Gasteiger partial charge in [0.1, 0.15) is 12.1 Å². The largest absolute Gasteiger partial charge is 0.322 e. The zero-order chi connectivity index (χ0) is 28.2. The Labute approximate surface area is 227 Å². The third-order valence-electron chi connectivity index (χ3n) is 6.23. The van der Waals surface area contributed by atoms with Crippen molar-refractivity contribution in [3.8, 4) is 28.5 Å². The monoisotopic (exact) mass is 519 g/mol. The number of nitriles is 1. The van der Waals surface area contributed by atoms with E-state index in [2.05, 4.69) is 36.6 Å². The lowest BCUT2D eigenvalue weighted by atomic mass is 9.90. The number of rotatable bonds is 7. The lowest BCUT2D eigenvalue weighted by Gasteiger charge is -2.15. The highest BCUT2D eigenvalue weighted by atomic mass is 16.2. The number of benzene rings is 1. The zero-order valence-corrected chi connectivity index (χ0v) is 22.5. The fraction of sp³-hybridized carbons (Fsp3) is 0.233. The van der Waals surface area contributed by atoms with Crippen molar-refractivity contribution in [2.45, 2.75) is 40.0 Å². The highest BCUT2D eigenvalue weighted by molar-refractivity contribution is 6.04. The average Bonchev–Trinajstić information content (AvgIpc) is 2.94. The maximum absolute atomic E-state index is 13.0. The van der Waals surface area contributed by atoms with Crippen LogP contribution >= 0.6 is 0 Å². The van der Waals surface area contributed by atoms with Gasteiger partial charge in [0, 0.05) is 53.0 Å². The summed E-state index contributed by atoms with van der Waals surface area (Å²) < 4.78 is 0. The number of nitrogens with zero attached hydrogens (tertiary/aromatic N) is 5. The predicted molar refractivity (Wildman–Crippen MR) is 150 cm³/mol. The van der Waals surface area contributed by atoms with Gasteiger partial charge in [0.2, 0.25) is 5.91 Å². The molecule has 0 atom stereocenters. The minimum absolute atomic E-state index is 0.127. The van der Waals surface area contributed by atoms with Crippen molar-refractivity contribution in [2.75, 3.05) is 10.6 Å². The van der Waals surface area contributed by atoms with Gasteiger partial charge in [-0.1, -0.05) is 19.9 Å². The third kappa shape index (κ3) is 6.30.